The first-order valence-corrected chi connectivity index (χ1v) is 13.2. The van der Waals surface area contributed by atoms with Crippen molar-refractivity contribution in [3.05, 3.63) is 84.4 Å². The molecule has 0 bridgehead atoms. The summed E-state index contributed by atoms with van der Waals surface area (Å²) in [5, 5.41) is 5.40. The van der Waals surface area contributed by atoms with E-state index in [1.54, 1.807) is 42.5 Å². The summed E-state index contributed by atoms with van der Waals surface area (Å²) >= 11 is 1.42. The molecule has 0 aliphatic heterocycles. The molecule has 3 aromatic carbocycles. The fourth-order valence-electron chi connectivity index (χ4n) is 3.30. The highest BCUT2D eigenvalue weighted by atomic mass is 32.2. The number of para-hydroxylation sites is 1. The quantitative estimate of drug-likeness (QED) is 0.159. The zero-order chi connectivity index (χ0) is 26.5. The Kier molecular flexibility index (Phi) is 11.0. The van der Waals surface area contributed by atoms with Crippen molar-refractivity contribution in [3.8, 4) is 5.75 Å². The molecular formula is C29H32N2O5S. The minimum Gasteiger partial charge on any atom is -0.484 e. The molecule has 8 heteroatoms. The number of hydrogen-bond acceptors (Lipinski definition) is 6. The molecule has 0 saturated carbocycles. The number of ether oxygens (including phenoxy) is 2. The molecule has 3 rings (SSSR count). The van der Waals surface area contributed by atoms with E-state index >= 15 is 0 Å². The van der Waals surface area contributed by atoms with Gasteiger partial charge in [-0.3, -0.25) is 9.59 Å². The maximum atomic E-state index is 12.9. The summed E-state index contributed by atoms with van der Waals surface area (Å²) in [7, 11) is 0. The number of hydrogen-bond donors (Lipinski definition) is 2. The Labute approximate surface area is 221 Å². The zero-order valence-electron chi connectivity index (χ0n) is 21.1. The van der Waals surface area contributed by atoms with Crippen LogP contribution in [0.4, 0.5) is 11.4 Å². The molecular weight excluding hydrogens is 488 g/mol. The summed E-state index contributed by atoms with van der Waals surface area (Å²) in [4.78, 5) is 38.1. The Morgan fingerprint density at radius 3 is 2.32 bits per heavy atom. The van der Waals surface area contributed by atoms with Gasteiger partial charge in [0.05, 0.1) is 17.4 Å². The van der Waals surface area contributed by atoms with Crippen molar-refractivity contribution in [3.63, 3.8) is 0 Å². The van der Waals surface area contributed by atoms with Crippen molar-refractivity contribution < 1.29 is 23.9 Å². The molecule has 0 fully saturated rings. The van der Waals surface area contributed by atoms with Crippen LogP contribution in [0.5, 0.6) is 5.75 Å². The Hall–Kier alpha value is -3.78. The van der Waals surface area contributed by atoms with Gasteiger partial charge in [-0.1, -0.05) is 44.5 Å². The van der Waals surface area contributed by atoms with Crippen molar-refractivity contribution in [1.29, 1.82) is 0 Å². The first-order chi connectivity index (χ1) is 18.0. The predicted octanol–water partition coefficient (Wildman–Crippen LogP) is 6.17. The molecule has 3 aromatic rings. The molecule has 0 saturated heterocycles. The van der Waals surface area contributed by atoms with E-state index in [4.69, 9.17) is 9.47 Å². The number of anilines is 2. The van der Waals surface area contributed by atoms with Crippen LogP contribution in [-0.4, -0.2) is 36.2 Å². The van der Waals surface area contributed by atoms with Crippen LogP contribution in [0.1, 0.15) is 43.5 Å². The molecule has 37 heavy (non-hydrogen) atoms. The van der Waals surface area contributed by atoms with Crippen LogP contribution in [0.3, 0.4) is 0 Å². The number of esters is 1. The summed E-state index contributed by atoms with van der Waals surface area (Å²) in [5.74, 6) is -0.155. The van der Waals surface area contributed by atoms with Gasteiger partial charge < -0.3 is 20.1 Å². The molecule has 2 N–H and O–H groups in total. The average Bonchev–Trinajstić information content (AvgIpc) is 2.92. The van der Waals surface area contributed by atoms with Crippen LogP contribution >= 0.6 is 11.8 Å². The Balaban J connectivity index is 1.52. The van der Waals surface area contributed by atoms with Gasteiger partial charge in [-0.15, -0.1) is 11.8 Å². The number of thioether (sulfide) groups is 1. The van der Waals surface area contributed by atoms with Gasteiger partial charge in [-0.25, -0.2) is 4.79 Å². The number of carbonyl (C=O) groups excluding carboxylic acids is 3. The van der Waals surface area contributed by atoms with E-state index in [1.807, 2.05) is 50.2 Å². The van der Waals surface area contributed by atoms with Crippen LogP contribution in [0, 0.1) is 0 Å². The molecule has 0 aromatic heterocycles. The highest BCUT2D eigenvalue weighted by Crippen LogP contribution is 2.28. The summed E-state index contributed by atoms with van der Waals surface area (Å²) < 4.78 is 10.7. The van der Waals surface area contributed by atoms with E-state index in [2.05, 4.69) is 10.6 Å². The number of amides is 2. The standard InChI is InChI=1S/C29H32N2O5S/c1-3-5-18-35-29(34)21-14-16-22(17-15-21)31-28(33)26(4-2)37-25-13-9-10-23(19-25)30-27(32)20-36-24-11-7-6-8-12-24/h6-17,19,26H,3-5,18,20H2,1-2H3,(H,30,32)(H,31,33). The van der Waals surface area contributed by atoms with Crippen LogP contribution in [0.2, 0.25) is 0 Å². The lowest BCUT2D eigenvalue weighted by Crippen LogP contribution is -2.24. The molecule has 1 unspecified atom stereocenters. The lowest BCUT2D eigenvalue weighted by molar-refractivity contribution is -0.118. The van der Waals surface area contributed by atoms with Gasteiger partial charge in [0.1, 0.15) is 5.75 Å². The molecule has 0 aliphatic carbocycles. The average molecular weight is 521 g/mol. The number of rotatable bonds is 13. The molecule has 0 spiro atoms. The first kappa shape index (κ1) is 27.8. The molecule has 0 aliphatic rings. The van der Waals surface area contributed by atoms with E-state index in [1.165, 1.54) is 11.8 Å². The Morgan fingerprint density at radius 1 is 0.865 bits per heavy atom. The lowest BCUT2D eigenvalue weighted by Gasteiger charge is -2.16. The van der Waals surface area contributed by atoms with Gasteiger partial charge in [-0.05, 0) is 67.4 Å². The van der Waals surface area contributed by atoms with Crippen LogP contribution in [0.15, 0.2) is 83.8 Å². The Bertz CT molecular complexity index is 1170. The maximum Gasteiger partial charge on any atom is 0.338 e. The van der Waals surface area contributed by atoms with E-state index in [0.717, 1.165) is 17.7 Å². The smallest absolute Gasteiger partial charge is 0.338 e. The predicted molar refractivity (Wildman–Crippen MR) is 147 cm³/mol. The highest BCUT2D eigenvalue weighted by Gasteiger charge is 2.19. The fraction of sp³-hybridized carbons (Fsp3) is 0.276. The molecule has 7 nitrogen and oxygen atoms in total. The largest absolute Gasteiger partial charge is 0.484 e. The van der Waals surface area contributed by atoms with Gasteiger partial charge in [0, 0.05) is 16.3 Å². The SMILES string of the molecule is CCCCOC(=O)c1ccc(NC(=O)C(CC)Sc2cccc(NC(=O)COc3ccccc3)c2)cc1. The van der Waals surface area contributed by atoms with Crippen molar-refractivity contribution in [2.75, 3.05) is 23.8 Å². The minimum atomic E-state index is -0.369. The van der Waals surface area contributed by atoms with Crippen molar-refractivity contribution in [2.24, 2.45) is 0 Å². The van der Waals surface area contributed by atoms with Crippen molar-refractivity contribution in [1.82, 2.24) is 0 Å². The third kappa shape index (κ3) is 9.31. The summed E-state index contributed by atoms with van der Waals surface area (Å²) in [5.41, 5.74) is 1.68. The second kappa shape index (κ2) is 14.7. The fourth-order valence-corrected chi connectivity index (χ4v) is 4.31. The summed E-state index contributed by atoms with van der Waals surface area (Å²) in [6.45, 7) is 4.27. The number of carbonyl (C=O) groups is 3. The van der Waals surface area contributed by atoms with Gasteiger partial charge in [0.2, 0.25) is 5.91 Å². The lowest BCUT2D eigenvalue weighted by atomic mass is 10.2. The third-order valence-electron chi connectivity index (χ3n) is 5.29. The minimum absolute atomic E-state index is 0.101. The maximum absolute atomic E-state index is 12.9. The summed E-state index contributed by atoms with van der Waals surface area (Å²) in [6.07, 6.45) is 2.39. The number of unbranched alkanes of at least 4 members (excludes halogenated alkanes) is 1. The van der Waals surface area contributed by atoms with Crippen molar-refractivity contribution >= 4 is 40.9 Å². The number of benzene rings is 3. The topological polar surface area (TPSA) is 93.7 Å². The van der Waals surface area contributed by atoms with Crippen LogP contribution < -0.4 is 15.4 Å². The van der Waals surface area contributed by atoms with Gasteiger partial charge in [-0.2, -0.15) is 0 Å². The summed E-state index contributed by atoms with van der Waals surface area (Å²) in [6, 6.07) is 23.2. The Morgan fingerprint density at radius 2 is 1.62 bits per heavy atom. The van der Waals surface area contributed by atoms with Gasteiger partial charge in [0.25, 0.3) is 5.91 Å². The molecule has 194 valence electrons. The molecule has 1 atom stereocenters. The zero-order valence-corrected chi connectivity index (χ0v) is 21.9. The molecule has 2 amide bonds. The van der Waals surface area contributed by atoms with E-state index < -0.39 is 0 Å². The second-order valence-corrected chi connectivity index (χ2v) is 9.52. The van der Waals surface area contributed by atoms with Crippen molar-refractivity contribution in [2.45, 2.75) is 43.3 Å². The van der Waals surface area contributed by atoms with E-state index in [9.17, 15) is 14.4 Å². The van der Waals surface area contributed by atoms with E-state index in [-0.39, 0.29) is 29.6 Å². The molecule has 0 heterocycles. The van der Waals surface area contributed by atoms with Crippen LogP contribution in [-0.2, 0) is 14.3 Å². The van der Waals surface area contributed by atoms with E-state index in [0.29, 0.717) is 35.7 Å². The van der Waals surface area contributed by atoms with Gasteiger partial charge >= 0.3 is 5.97 Å². The number of nitrogens with one attached hydrogen (secondary N) is 2. The highest BCUT2D eigenvalue weighted by molar-refractivity contribution is 8.00. The monoisotopic (exact) mass is 520 g/mol. The second-order valence-electron chi connectivity index (χ2n) is 8.25. The van der Waals surface area contributed by atoms with Gasteiger partial charge in [0.15, 0.2) is 6.61 Å². The molecule has 0 radical (unpaired) electrons. The normalized spacial score (nSPS) is 11.3. The first-order valence-electron chi connectivity index (χ1n) is 12.3. The van der Waals surface area contributed by atoms with Crippen LogP contribution in [0.25, 0.3) is 0 Å². The third-order valence-corrected chi connectivity index (χ3v) is 6.65.